The van der Waals surface area contributed by atoms with Crippen molar-refractivity contribution in [2.45, 2.75) is 6.92 Å². The first-order chi connectivity index (χ1) is 10.6. The second-order valence-electron chi connectivity index (χ2n) is 4.64. The second-order valence-corrected chi connectivity index (χ2v) is 4.64. The Labute approximate surface area is 153 Å². The number of aliphatic imine (C=N–C) groups is 1. The molecule has 0 unspecified atom stereocenters. The lowest BCUT2D eigenvalue weighted by Gasteiger charge is -2.12. The molecular weight excluding hydrogens is 414 g/mol. The van der Waals surface area contributed by atoms with E-state index in [9.17, 15) is 9.18 Å². The van der Waals surface area contributed by atoms with Crippen molar-refractivity contribution < 1.29 is 13.9 Å². The van der Waals surface area contributed by atoms with Crippen LogP contribution in [0.1, 0.15) is 15.9 Å². The van der Waals surface area contributed by atoms with Gasteiger partial charge in [0.05, 0.1) is 6.61 Å². The minimum Gasteiger partial charge on any atom is -0.383 e. The number of guanidine groups is 1. The molecule has 1 rings (SSSR count). The van der Waals surface area contributed by atoms with Gasteiger partial charge in [0.15, 0.2) is 5.96 Å². The molecule has 1 aromatic rings. The van der Waals surface area contributed by atoms with Gasteiger partial charge in [-0.15, -0.1) is 24.0 Å². The summed E-state index contributed by atoms with van der Waals surface area (Å²) < 4.78 is 18.3. The molecule has 0 bridgehead atoms. The SMILES string of the molecule is CN=C(NCCNC(=O)c1ccc(C)c(F)c1)NCCOC.I. The lowest BCUT2D eigenvalue weighted by molar-refractivity contribution is 0.0954. The maximum absolute atomic E-state index is 13.4. The van der Waals surface area contributed by atoms with Crippen LogP contribution in [-0.4, -0.2) is 52.3 Å². The van der Waals surface area contributed by atoms with E-state index in [1.165, 1.54) is 6.07 Å². The van der Waals surface area contributed by atoms with Crippen molar-refractivity contribution >= 4 is 35.8 Å². The summed E-state index contributed by atoms with van der Waals surface area (Å²) in [6, 6.07) is 4.43. The minimum absolute atomic E-state index is 0. The molecule has 0 spiro atoms. The van der Waals surface area contributed by atoms with E-state index in [4.69, 9.17) is 4.74 Å². The summed E-state index contributed by atoms with van der Waals surface area (Å²) in [5.41, 5.74) is 0.829. The fourth-order valence-corrected chi connectivity index (χ4v) is 1.69. The number of ether oxygens (including phenoxy) is 1. The lowest BCUT2D eigenvalue weighted by atomic mass is 10.1. The number of nitrogens with one attached hydrogen (secondary N) is 3. The van der Waals surface area contributed by atoms with Gasteiger partial charge in [0, 0.05) is 39.4 Å². The van der Waals surface area contributed by atoms with Gasteiger partial charge in [-0.25, -0.2) is 4.39 Å². The van der Waals surface area contributed by atoms with Crippen LogP contribution in [-0.2, 0) is 4.74 Å². The summed E-state index contributed by atoms with van der Waals surface area (Å²) in [6.07, 6.45) is 0. The lowest BCUT2D eigenvalue weighted by Crippen LogP contribution is -2.42. The quantitative estimate of drug-likeness (QED) is 0.260. The van der Waals surface area contributed by atoms with Gasteiger partial charge < -0.3 is 20.7 Å². The molecular formula is C15H24FIN4O2. The Bertz CT molecular complexity index is 526. The van der Waals surface area contributed by atoms with E-state index in [2.05, 4.69) is 20.9 Å². The number of methoxy groups -OCH3 is 1. The normalized spacial score (nSPS) is 10.7. The van der Waals surface area contributed by atoms with Gasteiger partial charge in [0.2, 0.25) is 0 Å². The van der Waals surface area contributed by atoms with Crippen molar-refractivity contribution in [3.63, 3.8) is 0 Å². The van der Waals surface area contributed by atoms with Crippen LogP contribution in [0.3, 0.4) is 0 Å². The maximum Gasteiger partial charge on any atom is 0.251 e. The molecule has 0 radical (unpaired) electrons. The van der Waals surface area contributed by atoms with Crippen molar-refractivity contribution in [2.75, 3.05) is 40.4 Å². The predicted molar refractivity (Wildman–Crippen MR) is 100 cm³/mol. The van der Waals surface area contributed by atoms with E-state index in [1.807, 2.05) is 0 Å². The van der Waals surface area contributed by atoms with Crippen molar-refractivity contribution in [3.8, 4) is 0 Å². The molecule has 8 heteroatoms. The van der Waals surface area contributed by atoms with Crippen LogP contribution in [0.2, 0.25) is 0 Å². The maximum atomic E-state index is 13.4. The van der Waals surface area contributed by atoms with Gasteiger partial charge >= 0.3 is 0 Å². The molecule has 1 aromatic carbocycles. The number of hydrogen-bond donors (Lipinski definition) is 3. The Balaban J connectivity index is 0.00000484. The highest BCUT2D eigenvalue weighted by molar-refractivity contribution is 14.0. The smallest absolute Gasteiger partial charge is 0.251 e. The first-order valence-electron chi connectivity index (χ1n) is 7.06. The summed E-state index contributed by atoms with van der Waals surface area (Å²) in [5.74, 6) is -0.0516. The number of carbonyl (C=O) groups excluding carboxylic acids is 1. The van der Waals surface area contributed by atoms with Crippen LogP contribution >= 0.6 is 24.0 Å². The van der Waals surface area contributed by atoms with E-state index in [1.54, 1.807) is 33.2 Å². The molecule has 0 heterocycles. The Hall–Kier alpha value is -1.42. The first-order valence-corrected chi connectivity index (χ1v) is 7.06. The Morgan fingerprint density at radius 2 is 1.87 bits per heavy atom. The number of rotatable bonds is 7. The van der Waals surface area contributed by atoms with Crippen LogP contribution < -0.4 is 16.0 Å². The number of aryl methyl sites for hydroxylation is 1. The van der Waals surface area contributed by atoms with E-state index < -0.39 is 0 Å². The van der Waals surface area contributed by atoms with Crippen LogP contribution in [0.15, 0.2) is 23.2 Å². The number of benzene rings is 1. The number of carbonyl (C=O) groups is 1. The Kier molecular flexibility index (Phi) is 11.3. The number of amides is 1. The molecule has 0 atom stereocenters. The highest BCUT2D eigenvalue weighted by atomic mass is 127. The highest BCUT2D eigenvalue weighted by Gasteiger charge is 2.07. The average Bonchev–Trinajstić information content (AvgIpc) is 2.52. The van der Waals surface area contributed by atoms with Crippen molar-refractivity contribution in [1.29, 1.82) is 0 Å². The van der Waals surface area contributed by atoms with Crippen molar-refractivity contribution in [1.82, 2.24) is 16.0 Å². The molecule has 0 aliphatic rings. The van der Waals surface area contributed by atoms with Crippen LogP contribution in [0.4, 0.5) is 4.39 Å². The molecule has 3 N–H and O–H groups in total. The van der Waals surface area contributed by atoms with Gasteiger partial charge in [-0.3, -0.25) is 9.79 Å². The first kappa shape index (κ1) is 21.6. The molecule has 0 aliphatic heterocycles. The Morgan fingerprint density at radius 3 is 2.48 bits per heavy atom. The van der Waals surface area contributed by atoms with Crippen molar-refractivity contribution in [3.05, 3.63) is 35.1 Å². The molecule has 0 saturated heterocycles. The zero-order chi connectivity index (χ0) is 16.4. The summed E-state index contributed by atoms with van der Waals surface area (Å²) in [4.78, 5) is 15.9. The van der Waals surface area contributed by atoms with Crippen LogP contribution in [0.25, 0.3) is 0 Å². The van der Waals surface area contributed by atoms with Crippen LogP contribution in [0, 0.1) is 12.7 Å². The largest absolute Gasteiger partial charge is 0.383 e. The molecule has 0 aromatic heterocycles. The zero-order valence-electron chi connectivity index (χ0n) is 13.6. The van der Waals surface area contributed by atoms with E-state index in [0.717, 1.165) is 0 Å². The molecule has 0 fully saturated rings. The standard InChI is InChI=1S/C15H23FN4O2.HI/c1-11-4-5-12(10-13(11)16)14(21)18-6-7-19-15(17-2)20-8-9-22-3;/h4-5,10H,6-9H2,1-3H3,(H,18,21)(H2,17,19,20);1H. The molecule has 0 aliphatic carbocycles. The zero-order valence-corrected chi connectivity index (χ0v) is 15.9. The topological polar surface area (TPSA) is 74.8 Å². The third-order valence-corrected chi connectivity index (χ3v) is 2.96. The van der Waals surface area contributed by atoms with E-state index in [-0.39, 0.29) is 35.7 Å². The summed E-state index contributed by atoms with van der Waals surface area (Å²) >= 11 is 0. The molecule has 1 amide bonds. The highest BCUT2D eigenvalue weighted by Crippen LogP contribution is 2.08. The number of hydrogen-bond acceptors (Lipinski definition) is 3. The fourth-order valence-electron chi connectivity index (χ4n) is 1.69. The summed E-state index contributed by atoms with van der Waals surface area (Å²) in [7, 11) is 3.29. The molecule has 6 nitrogen and oxygen atoms in total. The summed E-state index contributed by atoms with van der Waals surface area (Å²) in [6.45, 7) is 3.79. The predicted octanol–water partition coefficient (Wildman–Crippen LogP) is 1.29. The number of nitrogens with zero attached hydrogens (tertiary/aromatic N) is 1. The minimum atomic E-state index is -0.381. The Morgan fingerprint density at radius 1 is 1.22 bits per heavy atom. The van der Waals surface area contributed by atoms with Gasteiger partial charge in [0.25, 0.3) is 5.91 Å². The van der Waals surface area contributed by atoms with Gasteiger partial charge in [-0.2, -0.15) is 0 Å². The molecule has 130 valence electrons. The second kappa shape index (κ2) is 12.1. The van der Waals surface area contributed by atoms with Gasteiger partial charge in [-0.1, -0.05) is 6.07 Å². The molecule has 23 heavy (non-hydrogen) atoms. The molecule has 0 saturated carbocycles. The average molecular weight is 438 g/mol. The monoisotopic (exact) mass is 438 g/mol. The third-order valence-electron chi connectivity index (χ3n) is 2.96. The van der Waals surface area contributed by atoms with Gasteiger partial charge in [-0.05, 0) is 24.6 Å². The summed E-state index contributed by atoms with van der Waals surface area (Å²) in [5, 5.41) is 8.82. The van der Waals surface area contributed by atoms with Crippen molar-refractivity contribution in [2.24, 2.45) is 4.99 Å². The third kappa shape index (κ3) is 8.12. The van der Waals surface area contributed by atoms with Gasteiger partial charge in [0.1, 0.15) is 5.82 Å². The number of halogens is 2. The van der Waals surface area contributed by atoms with Crippen LogP contribution in [0.5, 0.6) is 0 Å². The van der Waals surface area contributed by atoms with E-state index >= 15 is 0 Å². The fraction of sp³-hybridized carbons (Fsp3) is 0.467. The van der Waals surface area contributed by atoms with E-state index in [0.29, 0.717) is 43.3 Å².